The Hall–Kier alpha value is -2.61. The number of hydrogen-bond acceptors (Lipinski definition) is 1. The topological polar surface area (TPSA) is 37.3 Å². The highest BCUT2D eigenvalue weighted by atomic mass is 16.4. The molecule has 0 saturated carbocycles. The molecule has 2 heteroatoms. The fourth-order valence-corrected chi connectivity index (χ4v) is 2.51. The molecule has 3 aromatic rings. The van der Waals surface area contributed by atoms with Gasteiger partial charge in [-0.15, -0.1) is 0 Å². The largest absolute Gasteiger partial charge is 0.481 e. The predicted octanol–water partition coefficient (Wildman–Crippen LogP) is 4.06. The first kappa shape index (κ1) is 12.4. The van der Waals surface area contributed by atoms with Gasteiger partial charge in [0.25, 0.3) is 0 Å². The zero-order valence-corrected chi connectivity index (χ0v) is 10.9. The van der Waals surface area contributed by atoms with E-state index in [1.807, 2.05) is 72.8 Å². The number of aliphatic carboxylic acids is 1. The fourth-order valence-electron chi connectivity index (χ4n) is 2.51. The molecule has 0 aliphatic rings. The molecule has 2 nitrogen and oxygen atoms in total. The van der Waals surface area contributed by atoms with E-state index in [1.165, 1.54) is 0 Å². The van der Waals surface area contributed by atoms with E-state index in [0.717, 1.165) is 21.9 Å². The monoisotopic (exact) mass is 262 g/mol. The predicted molar refractivity (Wildman–Crippen MR) is 79.9 cm³/mol. The minimum absolute atomic E-state index is 0.624. The third-order valence-electron chi connectivity index (χ3n) is 3.49. The lowest BCUT2D eigenvalue weighted by atomic mass is 9.90. The lowest BCUT2D eigenvalue weighted by Crippen LogP contribution is -2.12. The van der Waals surface area contributed by atoms with Gasteiger partial charge in [0.05, 0.1) is 0 Å². The van der Waals surface area contributed by atoms with Gasteiger partial charge >= 0.3 is 5.97 Å². The highest BCUT2D eigenvalue weighted by molar-refractivity contribution is 5.86. The Labute approximate surface area is 117 Å². The Bertz CT molecular complexity index is 747. The van der Waals surface area contributed by atoms with Gasteiger partial charge in [0, 0.05) is 0 Å². The van der Waals surface area contributed by atoms with Crippen LogP contribution < -0.4 is 0 Å². The Morgan fingerprint density at radius 2 is 1.40 bits per heavy atom. The van der Waals surface area contributed by atoms with Gasteiger partial charge in [-0.2, -0.15) is 0 Å². The molecule has 0 spiro atoms. The highest BCUT2D eigenvalue weighted by Gasteiger charge is 2.21. The molecule has 0 aliphatic carbocycles. The van der Waals surface area contributed by atoms with Crippen molar-refractivity contribution in [3.63, 3.8) is 0 Å². The lowest BCUT2D eigenvalue weighted by molar-refractivity contribution is -0.137. The summed E-state index contributed by atoms with van der Waals surface area (Å²) in [5, 5.41) is 11.7. The van der Waals surface area contributed by atoms with Crippen molar-refractivity contribution in [2.75, 3.05) is 0 Å². The summed E-state index contributed by atoms with van der Waals surface area (Å²) in [7, 11) is 0. The van der Waals surface area contributed by atoms with E-state index < -0.39 is 11.9 Å². The van der Waals surface area contributed by atoms with Crippen LogP contribution in [-0.4, -0.2) is 11.1 Å². The molecule has 0 heterocycles. The van der Waals surface area contributed by atoms with Crippen molar-refractivity contribution in [1.82, 2.24) is 0 Å². The molecule has 3 aromatic carbocycles. The van der Waals surface area contributed by atoms with Gasteiger partial charge in [-0.05, 0) is 28.0 Å². The van der Waals surface area contributed by atoms with E-state index in [1.54, 1.807) is 0 Å². The molecule has 0 saturated heterocycles. The summed E-state index contributed by atoms with van der Waals surface area (Å²) >= 11 is 0. The second-order valence-corrected chi connectivity index (χ2v) is 4.79. The molecule has 1 N–H and O–H groups in total. The van der Waals surface area contributed by atoms with Crippen LogP contribution >= 0.6 is 0 Å². The zero-order valence-electron chi connectivity index (χ0n) is 10.9. The molecule has 0 aromatic heterocycles. The molecular formula is C18H14O2. The minimum Gasteiger partial charge on any atom is -0.481 e. The van der Waals surface area contributed by atoms with Crippen LogP contribution in [0.4, 0.5) is 0 Å². The van der Waals surface area contributed by atoms with Gasteiger partial charge in [0.15, 0.2) is 0 Å². The van der Waals surface area contributed by atoms with Gasteiger partial charge in [-0.3, -0.25) is 4.79 Å². The molecule has 0 unspecified atom stereocenters. The quantitative estimate of drug-likeness (QED) is 0.773. The summed E-state index contributed by atoms with van der Waals surface area (Å²) in [6.07, 6.45) is 0. The summed E-state index contributed by atoms with van der Waals surface area (Å²) in [6, 6.07) is 23.1. The van der Waals surface area contributed by atoms with Crippen molar-refractivity contribution in [2.24, 2.45) is 0 Å². The van der Waals surface area contributed by atoms with Gasteiger partial charge in [0.1, 0.15) is 5.92 Å². The molecule has 0 amide bonds. The van der Waals surface area contributed by atoms with Crippen LogP contribution in [0.2, 0.25) is 0 Å². The van der Waals surface area contributed by atoms with Crippen molar-refractivity contribution in [3.8, 4) is 0 Å². The minimum atomic E-state index is -0.827. The summed E-state index contributed by atoms with van der Waals surface area (Å²) in [4.78, 5) is 11.6. The molecule has 0 bridgehead atoms. The van der Waals surface area contributed by atoms with Crippen LogP contribution in [-0.2, 0) is 4.79 Å². The molecular weight excluding hydrogens is 248 g/mol. The van der Waals surface area contributed by atoms with E-state index in [9.17, 15) is 9.90 Å². The van der Waals surface area contributed by atoms with Crippen LogP contribution in [0.5, 0.6) is 0 Å². The molecule has 0 fully saturated rings. The Morgan fingerprint density at radius 3 is 2.10 bits per heavy atom. The summed E-state index contributed by atoms with van der Waals surface area (Å²) in [5.74, 6) is -1.45. The second-order valence-electron chi connectivity index (χ2n) is 4.79. The van der Waals surface area contributed by atoms with Crippen LogP contribution in [0.1, 0.15) is 17.0 Å². The summed E-state index contributed by atoms with van der Waals surface area (Å²) in [6.45, 7) is 0. The number of carbonyl (C=O) groups is 1. The normalized spacial score (nSPS) is 12.2. The average Bonchev–Trinajstić information content (AvgIpc) is 2.48. The highest BCUT2D eigenvalue weighted by Crippen LogP contribution is 2.27. The average molecular weight is 262 g/mol. The molecule has 0 aliphatic heterocycles. The SMILES string of the molecule is O=C(O)[C@H](c1ccccc1)c1ccc2ccccc2c1. The van der Waals surface area contributed by atoms with Crippen molar-refractivity contribution in [2.45, 2.75) is 5.92 Å². The van der Waals surface area contributed by atoms with E-state index in [2.05, 4.69) is 0 Å². The number of rotatable bonds is 3. The number of fused-ring (bicyclic) bond motifs is 1. The number of hydrogen-bond donors (Lipinski definition) is 1. The Balaban J connectivity index is 2.13. The fraction of sp³-hybridized carbons (Fsp3) is 0.0556. The van der Waals surface area contributed by atoms with Gasteiger partial charge in [-0.1, -0.05) is 66.7 Å². The molecule has 3 rings (SSSR count). The zero-order chi connectivity index (χ0) is 13.9. The van der Waals surface area contributed by atoms with E-state index in [-0.39, 0.29) is 0 Å². The summed E-state index contributed by atoms with van der Waals surface area (Å²) < 4.78 is 0. The maximum atomic E-state index is 11.6. The van der Waals surface area contributed by atoms with Crippen molar-refractivity contribution in [3.05, 3.63) is 83.9 Å². The standard InChI is InChI=1S/C18H14O2/c19-18(20)17(14-7-2-1-3-8-14)16-11-10-13-6-4-5-9-15(13)12-16/h1-12,17H,(H,19,20)/t17-/m1/s1. The summed E-state index contributed by atoms with van der Waals surface area (Å²) in [5.41, 5.74) is 1.61. The number of carboxylic acids is 1. The second kappa shape index (κ2) is 5.17. The number of benzene rings is 3. The lowest BCUT2D eigenvalue weighted by Gasteiger charge is -2.14. The Kier molecular flexibility index (Phi) is 3.21. The van der Waals surface area contributed by atoms with Crippen molar-refractivity contribution >= 4 is 16.7 Å². The van der Waals surface area contributed by atoms with Gasteiger partial charge in [-0.25, -0.2) is 0 Å². The maximum absolute atomic E-state index is 11.6. The van der Waals surface area contributed by atoms with Gasteiger partial charge < -0.3 is 5.11 Å². The van der Waals surface area contributed by atoms with Crippen LogP contribution in [0, 0.1) is 0 Å². The molecule has 20 heavy (non-hydrogen) atoms. The third kappa shape index (κ3) is 2.28. The maximum Gasteiger partial charge on any atom is 0.315 e. The third-order valence-corrected chi connectivity index (χ3v) is 3.49. The van der Waals surface area contributed by atoms with Gasteiger partial charge in [0.2, 0.25) is 0 Å². The first-order chi connectivity index (χ1) is 9.75. The first-order valence-electron chi connectivity index (χ1n) is 6.52. The molecule has 0 radical (unpaired) electrons. The number of carboxylic acid groups (broad SMARTS) is 1. The van der Waals surface area contributed by atoms with E-state index in [4.69, 9.17) is 0 Å². The van der Waals surface area contributed by atoms with Crippen molar-refractivity contribution < 1.29 is 9.90 Å². The smallest absolute Gasteiger partial charge is 0.315 e. The van der Waals surface area contributed by atoms with Crippen LogP contribution in [0.15, 0.2) is 72.8 Å². The first-order valence-corrected chi connectivity index (χ1v) is 6.52. The van der Waals surface area contributed by atoms with Crippen LogP contribution in [0.3, 0.4) is 0 Å². The molecule has 1 atom stereocenters. The Morgan fingerprint density at radius 1 is 0.750 bits per heavy atom. The van der Waals surface area contributed by atoms with E-state index >= 15 is 0 Å². The molecule has 98 valence electrons. The van der Waals surface area contributed by atoms with Crippen molar-refractivity contribution in [1.29, 1.82) is 0 Å². The van der Waals surface area contributed by atoms with Crippen LogP contribution in [0.25, 0.3) is 10.8 Å². The van der Waals surface area contributed by atoms with E-state index in [0.29, 0.717) is 0 Å².